The Bertz CT molecular complexity index is 1060. The minimum Gasteiger partial charge on any atom is -0.497 e. The van der Waals surface area contributed by atoms with Crippen molar-refractivity contribution < 1.29 is 33.0 Å². The number of aliphatic hydroxyl groups excluding tert-OH is 1. The summed E-state index contributed by atoms with van der Waals surface area (Å²) < 4.78 is 33.3. The maximum atomic E-state index is 13.5. The number of carboxylic acid groups (broad SMARTS) is 1. The lowest BCUT2D eigenvalue weighted by Crippen LogP contribution is -2.50. The lowest BCUT2D eigenvalue weighted by atomic mass is 10.0. The molecule has 1 amide bonds. The number of aliphatic hydroxyl groups is 1. The zero-order valence-corrected chi connectivity index (χ0v) is 21.1. The van der Waals surface area contributed by atoms with E-state index in [9.17, 15) is 28.2 Å². The molecule has 0 saturated carbocycles. The van der Waals surface area contributed by atoms with Gasteiger partial charge in [-0.05, 0) is 55.5 Å². The number of nitrogens with one attached hydrogen (secondary N) is 1. The van der Waals surface area contributed by atoms with Crippen molar-refractivity contribution in [3.8, 4) is 5.75 Å². The third-order valence-corrected chi connectivity index (χ3v) is 7.51. The Morgan fingerprint density at radius 1 is 1.06 bits per heavy atom. The number of amides is 1. The van der Waals surface area contributed by atoms with Gasteiger partial charge in [0, 0.05) is 19.5 Å². The van der Waals surface area contributed by atoms with E-state index in [1.807, 2.05) is 13.0 Å². The first-order chi connectivity index (χ1) is 16.5. The Hall–Kier alpha value is -2.95. The zero-order chi connectivity index (χ0) is 26.0. The first-order valence-electron chi connectivity index (χ1n) is 11.4. The van der Waals surface area contributed by atoms with E-state index in [2.05, 4.69) is 5.32 Å². The molecule has 0 aliphatic rings. The minimum absolute atomic E-state index is 0.00929. The SMILES string of the molecule is COc1ccc(S(=O)(=O)N(CC(C)CCC(C)=O)C[C@@H](O)[C@H](Cc2ccccc2)NC(=O)O)cc1. The fourth-order valence-corrected chi connectivity index (χ4v) is 5.28. The maximum absolute atomic E-state index is 13.5. The van der Waals surface area contributed by atoms with Gasteiger partial charge in [-0.15, -0.1) is 0 Å². The molecule has 9 nitrogen and oxygen atoms in total. The summed E-state index contributed by atoms with van der Waals surface area (Å²) in [6.45, 7) is 3.05. The van der Waals surface area contributed by atoms with Crippen LogP contribution in [0.25, 0.3) is 0 Å². The highest BCUT2D eigenvalue weighted by molar-refractivity contribution is 7.89. The van der Waals surface area contributed by atoms with Crippen LogP contribution in [0, 0.1) is 5.92 Å². The van der Waals surface area contributed by atoms with Crippen LogP contribution in [0.4, 0.5) is 4.79 Å². The summed E-state index contributed by atoms with van der Waals surface area (Å²) in [6, 6.07) is 14.0. The van der Waals surface area contributed by atoms with E-state index < -0.39 is 28.3 Å². The number of carbonyl (C=O) groups excluding carboxylic acids is 1. The van der Waals surface area contributed by atoms with Gasteiger partial charge in [-0.1, -0.05) is 37.3 Å². The number of nitrogens with zero attached hydrogens (tertiary/aromatic N) is 1. The molecule has 0 bridgehead atoms. The van der Waals surface area contributed by atoms with E-state index in [0.717, 1.165) is 9.87 Å². The van der Waals surface area contributed by atoms with Crippen LogP contribution in [0.2, 0.25) is 0 Å². The number of hydrogen-bond acceptors (Lipinski definition) is 6. The van der Waals surface area contributed by atoms with Crippen molar-refractivity contribution in [3.05, 3.63) is 60.2 Å². The van der Waals surface area contributed by atoms with E-state index in [4.69, 9.17) is 4.74 Å². The van der Waals surface area contributed by atoms with E-state index in [0.29, 0.717) is 18.6 Å². The van der Waals surface area contributed by atoms with Crippen molar-refractivity contribution in [1.29, 1.82) is 0 Å². The number of ether oxygens (including phenoxy) is 1. The van der Waals surface area contributed by atoms with Gasteiger partial charge in [0.15, 0.2) is 0 Å². The molecule has 0 radical (unpaired) electrons. The van der Waals surface area contributed by atoms with Gasteiger partial charge in [-0.3, -0.25) is 0 Å². The molecule has 0 spiro atoms. The van der Waals surface area contributed by atoms with Crippen LogP contribution in [0.5, 0.6) is 5.75 Å². The van der Waals surface area contributed by atoms with Gasteiger partial charge in [0.25, 0.3) is 0 Å². The van der Waals surface area contributed by atoms with Gasteiger partial charge >= 0.3 is 6.09 Å². The highest BCUT2D eigenvalue weighted by atomic mass is 32.2. The fraction of sp³-hybridized carbons (Fsp3) is 0.440. The molecule has 3 atom stereocenters. The predicted octanol–water partition coefficient (Wildman–Crippen LogP) is 2.93. The Balaban J connectivity index is 2.31. The van der Waals surface area contributed by atoms with Gasteiger partial charge in [0.1, 0.15) is 11.5 Å². The van der Waals surface area contributed by atoms with Gasteiger partial charge in [0.05, 0.1) is 24.2 Å². The van der Waals surface area contributed by atoms with Crippen LogP contribution in [-0.4, -0.2) is 67.2 Å². The topological polar surface area (TPSA) is 133 Å². The first kappa shape index (κ1) is 28.3. The van der Waals surface area contributed by atoms with Gasteiger partial charge in [-0.2, -0.15) is 4.31 Å². The van der Waals surface area contributed by atoms with Crippen molar-refractivity contribution in [2.75, 3.05) is 20.2 Å². The summed E-state index contributed by atoms with van der Waals surface area (Å²) in [5.41, 5.74) is 0.796. The second-order valence-corrected chi connectivity index (χ2v) is 10.6. The molecule has 3 N–H and O–H groups in total. The van der Waals surface area contributed by atoms with Gasteiger partial charge in [0.2, 0.25) is 10.0 Å². The Morgan fingerprint density at radius 3 is 2.23 bits per heavy atom. The van der Waals surface area contributed by atoms with Crippen molar-refractivity contribution in [1.82, 2.24) is 9.62 Å². The summed E-state index contributed by atoms with van der Waals surface area (Å²) in [7, 11) is -2.55. The molecular weight excluding hydrogens is 472 g/mol. The molecule has 10 heteroatoms. The largest absolute Gasteiger partial charge is 0.497 e. The monoisotopic (exact) mass is 506 g/mol. The van der Waals surface area contributed by atoms with E-state index in [1.165, 1.54) is 38.3 Å². The number of rotatable bonds is 14. The quantitative estimate of drug-likeness (QED) is 0.359. The molecule has 0 fully saturated rings. The van der Waals surface area contributed by atoms with E-state index in [1.54, 1.807) is 24.3 Å². The minimum atomic E-state index is -4.03. The molecule has 1 unspecified atom stereocenters. The molecule has 0 aliphatic heterocycles. The first-order valence-corrected chi connectivity index (χ1v) is 12.8. The molecular formula is C25H34N2O7S. The molecule has 0 aromatic heterocycles. The molecule has 0 heterocycles. The van der Waals surface area contributed by atoms with Crippen molar-refractivity contribution in [3.63, 3.8) is 0 Å². The average Bonchev–Trinajstić information content (AvgIpc) is 2.82. The summed E-state index contributed by atoms with van der Waals surface area (Å²) in [5, 5.41) is 22.6. The van der Waals surface area contributed by atoms with Crippen LogP contribution < -0.4 is 10.1 Å². The second kappa shape index (κ2) is 13.2. The second-order valence-electron chi connectivity index (χ2n) is 8.66. The maximum Gasteiger partial charge on any atom is 0.404 e. The molecule has 35 heavy (non-hydrogen) atoms. The summed E-state index contributed by atoms with van der Waals surface area (Å²) in [6.07, 6.45) is -1.65. The van der Waals surface area contributed by atoms with E-state index >= 15 is 0 Å². The molecule has 0 saturated heterocycles. The molecule has 0 aliphatic carbocycles. The zero-order valence-electron chi connectivity index (χ0n) is 20.3. The third kappa shape index (κ3) is 8.97. The normalized spacial score (nSPS) is 14.2. The lowest BCUT2D eigenvalue weighted by molar-refractivity contribution is -0.117. The number of carbonyl (C=O) groups is 2. The molecule has 192 valence electrons. The Morgan fingerprint density at radius 2 is 1.69 bits per heavy atom. The van der Waals surface area contributed by atoms with Crippen molar-refractivity contribution in [2.24, 2.45) is 5.92 Å². The van der Waals surface area contributed by atoms with Gasteiger partial charge in [-0.25, -0.2) is 13.2 Å². The highest BCUT2D eigenvalue weighted by Gasteiger charge is 2.32. The number of benzene rings is 2. The highest BCUT2D eigenvalue weighted by Crippen LogP contribution is 2.22. The number of ketones is 1. The fourth-order valence-electron chi connectivity index (χ4n) is 3.70. The van der Waals surface area contributed by atoms with Gasteiger partial charge < -0.3 is 25.1 Å². The Labute approximate surface area is 206 Å². The van der Waals surface area contributed by atoms with Crippen LogP contribution in [0.3, 0.4) is 0 Å². The summed E-state index contributed by atoms with van der Waals surface area (Å²) in [5.74, 6) is 0.341. The number of sulfonamides is 1. The lowest BCUT2D eigenvalue weighted by Gasteiger charge is -2.30. The average molecular weight is 507 g/mol. The van der Waals surface area contributed by atoms with Crippen LogP contribution in [0.15, 0.2) is 59.5 Å². The Kier molecular flexibility index (Phi) is 10.7. The molecule has 2 aromatic carbocycles. The van der Waals surface area contributed by atoms with Crippen molar-refractivity contribution in [2.45, 2.75) is 50.2 Å². The summed E-state index contributed by atoms with van der Waals surface area (Å²) in [4.78, 5) is 22.8. The smallest absolute Gasteiger partial charge is 0.404 e. The summed E-state index contributed by atoms with van der Waals surface area (Å²) >= 11 is 0. The number of hydrogen-bond donors (Lipinski definition) is 3. The van der Waals surface area contributed by atoms with Crippen LogP contribution in [-0.2, 0) is 21.2 Å². The number of methoxy groups -OCH3 is 1. The van der Waals surface area contributed by atoms with Crippen molar-refractivity contribution >= 4 is 21.9 Å². The van der Waals surface area contributed by atoms with Crippen LogP contribution in [0.1, 0.15) is 32.3 Å². The van der Waals surface area contributed by atoms with E-state index in [-0.39, 0.29) is 36.1 Å². The molecule has 2 aromatic rings. The van der Waals surface area contributed by atoms with Crippen LogP contribution >= 0.6 is 0 Å². The predicted molar refractivity (Wildman–Crippen MR) is 132 cm³/mol. The third-order valence-electron chi connectivity index (χ3n) is 5.66. The standard InChI is InChI=1S/C25H34N2O7S/c1-18(9-10-19(2)28)16-27(35(32,33)22-13-11-21(34-3)12-14-22)17-24(29)23(26-25(30)31)15-20-7-5-4-6-8-20/h4-8,11-14,18,23-24,26,29H,9-10,15-17H2,1-3H3,(H,30,31)/t18?,23-,24+/m0/s1. The number of Topliss-reactive ketones (excluding diaryl/α,β-unsaturated/α-hetero) is 1. The molecule has 2 rings (SSSR count).